The molecule has 6 nitrogen and oxygen atoms in total. The van der Waals surface area contributed by atoms with Gasteiger partial charge < -0.3 is 19.5 Å². The lowest BCUT2D eigenvalue weighted by Crippen LogP contribution is -2.24. The van der Waals surface area contributed by atoms with E-state index in [0.717, 1.165) is 5.56 Å². The Labute approximate surface area is 179 Å². The van der Waals surface area contributed by atoms with Crippen molar-refractivity contribution in [1.29, 1.82) is 5.26 Å². The molecule has 0 aromatic heterocycles. The topological polar surface area (TPSA) is 80.6 Å². The van der Waals surface area contributed by atoms with Gasteiger partial charge >= 0.3 is 0 Å². The Morgan fingerprint density at radius 3 is 2.59 bits per heavy atom. The van der Waals surface area contributed by atoms with Gasteiger partial charge in [0.05, 0.1) is 25.8 Å². The summed E-state index contributed by atoms with van der Waals surface area (Å²) in [4.78, 5) is 12.5. The first kappa shape index (κ1) is 22.4. The summed E-state index contributed by atoms with van der Waals surface area (Å²) in [6.45, 7) is 2.34. The van der Waals surface area contributed by atoms with Crippen molar-refractivity contribution in [3.8, 4) is 23.3 Å². The van der Waals surface area contributed by atoms with Crippen molar-refractivity contribution >= 4 is 35.2 Å². The van der Waals surface area contributed by atoms with Crippen molar-refractivity contribution < 1.29 is 19.0 Å². The highest BCUT2D eigenvalue weighted by Crippen LogP contribution is 2.34. The first-order valence-corrected chi connectivity index (χ1v) is 9.41. The molecule has 0 unspecified atom stereocenters. The Morgan fingerprint density at radius 2 is 1.97 bits per heavy atom. The number of amides is 1. The largest absolute Gasteiger partial charge is 0.497 e. The molecule has 2 aromatic rings. The maximum atomic E-state index is 12.5. The summed E-state index contributed by atoms with van der Waals surface area (Å²) in [6.07, 6.45) is 1.39. The monoisotopic (exact) mass is 434 g/mol. The summed E-state index contributed by atoms with van der Waals surface area (Å²) in [5.74, 6) is 1.00. The zero-order valence-corrected chi connectivity index (χ0v) is 17.7. The molecule has 0 aliphatic rings. The number of benzene rings is 2. The Kier molecular flexibility index (Phi) is 8.20. The number of hydrogen-bond donors (Lipinski definition) is 1. The highest BCUT2D eigenvalue weighted by molar-refractivity contribution is 6.36. The van der Waals surface area contributed by atoms with Crippen LogP contribution in [0.1, 0.15) is 18.1 Å². The number of halogens is 2. The summed E-state index contributed by atoms with van der Waals surface area (Å²) in [7, 11) is 3.08. The summed E-state index contributed by atoms with van der Waals surface area (Å²) in [5, 5.41) is 12.8. The van der Waals surface area contributed by atoms with Crippen LogP contribution in [0.2, 0.25) is 10.0 Å². The molecule has 1 N–H and O–H groups in total. The van der Waals surface area contributed by atoms with Gasteiger partial charge in [0.2, 0.25) is 0 Å². The molecule has 2 aromatic carbocycles. The SMILES string of the molecule is CCOc1c(Cl)cc(Cl)cc1/C=C(\C#N)C(=O)NCc1ccc(OC)cc1OC. The Morgan fingerprint density at radius 1 is 1.21 bits per heavy atom. The van der Waals surface area contributed by atoms with Crippen molar-refractivity contribution in [2.45, 2.75) is 13.5 Å². The number of carbonyl (C=O) groups excluding carboxylic acids is 1. The molecule has 0 atom stereocenters. The first-order chi connectivity index (χ1) is 13.9. The summed E-state index contributed by atoms with van der Waals surface area (Å²) < 4.78 is 16.0. The third kappa shape index (κ3) is 5.80. The maximum Gasteiger partial charge on any atom is 0.262 e. The molecule has 152 valence electrons. The molecule has 0 saturated heterocycles. The molecule has 0 spiro atoms. The molecule has 0 aliphatic heterocycles. The molecule has 8 heteroatoms. The second kappa shape index (κ2) is 10.6. The number of carbonyl (C=O) groups is 1. The normalized spacial score (nSPS) is 10.8. The van der Waals surface area contributed by atoms with Crippen LogP contribution in [0.3, 0.4) is 0 Å². The molecule has 0 fully saturated rings. The Hall–Kier alpha value is -2.88. The number of nitriles is 1. The van der Waals surface area contributed by atoms with E-state index in [1.807, 2.05) is 6.07 Å². The Balaban J connectivity index is 2.25. The number of nitrogens with zero attached hydrogens (tertiary/aromatic N) is 1. The van der Waals surface area contributed by atoms with Crippen LogP contribution < -0.4 is 19.5 Å². The fourth-order valence-electron chi connectivity index (χ4n) is 2.56. The molecule has 0 aliphatic carbocycles. The van der Waals surface area contributed by atoms with Crippen molar-refractivity contribution in [1.82, 2.24) is 5.32 Å². The fraction of sp³-hybridized carbons (Fsp3) is 0.238. The molecule has 0 saturated carbocycles. The smallest absolute Gasteiger partial charge is 0.262 e. The van der Waals surface area contributed by atoms with Crippen LogP contribution in [0, 0.1) is 11.3 Å². The third-order valence-corrected chi connectivity index (χ3v) is 4.42. The second-order valence-electron chi connectivity index (χ2n) is 5.77. The molecule has 2 rings (SSSR count). The van der Waals surface area contributed by atoms with Crippen LogP contribution in [0.25, 0.3) is 6.08 Å². The predicted octanol–water partition coefficient (Wildman–Crippen LogP) is 4.63. The molecule has 0 heterocycles. The average Bonchev–Trinajstić information content (AvgIpc) is 2.72. The number of ether oxygens (including phenoxy) is 3. The summed E-state index contributed by atoms with van der Waals surface area (Å²) in [5.41, 5.74) is 1.06. The molecular weight excluding hydrogens is 415 g/mol. The van der Waals surface area contributed by atoms with Gasteiger partial charge in [0.25, 0.3) is 5.91 Å². The van der Waals surface area contributed by atoms with Crippen LogP contribution in [0.15, 0.2) is 35.9 Å². The van der Waals surface area contributed by atoms with Gasteiger partial charge in [0.1, 0.15) is 28.9 Å². The van der Waals surface area contributed by atoms with E-state index in [9.17, 15) is 10.1 Å². The van der Waals surface area contributed by atoms with Crippen molar-refractivity contribution in [2.24, 2.45) is 0 Å². The van der Waals surface area contributed by atoms with E-state index in [4.69, 9.17) is 37.4 Å². The van der Waals surface area contributed by atoms with E-state index >= 15 is 0 Å². The van der Waals surface area contributed by atoms with Crippen LogP contribution >= 0.6 is 23.2 Å². The number of hydrogen-bond acceptors (Lipinski definition) is 5. The van der Waals surface area contributed by atoms with Crippen LogP contribution in [-0.2, 0) is 11.3 Å². The molecule has 0 bridgehead atoms. The minimum Gasteiger partial charge on any atom is -0.497 e. The van der Waals surface area contributed by atoms with Gasteiger partial charge in [-0.15, -0.1) is 0 Å². The second-order valence-corrected chi connectivity index (χ2v) is 6.61. The lowest BCUT2D eigenvalue weighted by Gasteiger charge is -2.12. The van der Waals surface area contributed by atoms with Gasteiger partial charge in [0, 0.05) is 28.8 Å². The van der Waals surface area contributed by atoms with E-state index in [-0.39, 0.29) is 12.1 Å². The van der Waals surface area contributed by atoms with Gasteiger partial charge in [-0.25, -0.2) is 0 Å². The predicted molar refractivity (Wildman–Crippen MR) is 113 cm³/mol. The van der Waals surface area contributed by atoms with Gasteiger partial charge in [0.15, 0.2) is 0 Å². The minimum absolute atomic E-state index is 0.114. The molecule has 1 amide bonds. The number of nitrogens with one attached hydrogen (secondary N) is 1. The highest BCUT2D eigenvalue weighted by Gasteiger charge is 2.15. The van der Waals surface area contributed by atoms with E-state index in [1.165, 1.54) is 19.3 Å². The van der Waals surface area contributed by atoms with Gasteiger partial charge in [-0.1, -0.05) is 23.2 Å². The summed E-state index contributed by atoms with van der Waals surface area (Å²) >= 11 is 12.2. The van der Waals surface area contributed by atoms with Crippen molar-refractivity contribution in [3.05, 3.63) is 57.1 Å². The van der Waals surface area contributed by atoms with Crippen LogP contribution in [0.5, 0.6) is 17.2 Å². The molecule has 0 radical (unpaired) electrons. The first-order valence-electron chi connectivity index (χ1n) is 8.66. The summed E-state index contributed by atoms with van der Waals surface area (Å²) in [6, 6.07) is 10.3. The standard InChI is InChI=1S/C21H20Cl2N2O4/c1-4-29-20-14(8-16(22)9-18(20)23)7-15(11-24)21(26)25-12-13-5-6-17(27-2)10-19(13)28-3/h5-10H,4,12H2,1-3H3,(H,25,26)/b15-7+. The fourth-order valence-corrected chi connectivity index (χ4v) is 3.12. The lowest BCUT2D eigenvalue weighted by atomic mass is 10.1. The number of rotatable bonds is 8. The zero-order valence-electron chi connectivity index (χ0n) is 16.2. The lowest BCUT2D eigenvalue weighted by molar-refractivity contribution is -0.117. The van der Waals surface area contributed by atoms with E-state index in [1.54, 1.807) is 38.3 Å². The zero-order chi connectivity index (χ0) is 21.4. The average molecular weight is 435 g/mol. The highest BCUT2D eigenvalue weighted by atomic mass is 35.5. The maximum absolute atomic E-state index is 12.5. The molecule has 29 heavy (non-hydrogen) atoms. The third-order valence-electron chi connectivity index (χ3n) is 3.92. The van der Waals surface area contributed by atoms with Crippen LogP contribution in [-0.4, -0.2) is 26.7 Å². The van der Waals surface area contributed by atoms with E-state index < -0.39 is 5.91 Å². The van der Waals surface area contributed by atoms with E-state index in [2.05, 4.69) is 5.32 Å². The Bertz CT molecular complexity index is 968. The van der Waals surface area contributed by atoms with Gasteiger partial charge in [-0.05, 0) is 37.3 Å². The molecular formula is C21H20Cl2N2O4. The quantitative estimate of drug-likeness (QED) is 0.483. The number of methoxy groups -OCH3 is 2. The van der Waals surface area contributed by atoms with Crippen LogP contribution in [0.4, 0.5) is 0 Å². The van der Waals surface area contributed by atoms with Crippen molar-refractivity contribution in [3.63, 3.8) is 0 Å². The minimum atomic E-state index is -0.552. The van der Waals surface area contributed by atoms with Crippen molar-refractivity contribution in [2.75, 3.05) is 20.8 Å². The van der Waals surface area contributed by atoms with E-state index in [0.29, 0.717) is 39.5 Å². The van der Waals surface area contributed by atoms with Gasteiger partial charge in [-0.2, -0.15) is 5.26 Å². The van der Waals surface area contributed by atoms with Gasteiger partial charge in [-0.3, -0.25) is 4.79 Å².